The molecule has 0 saturated carbocycles. The lowest BCUT2D eigenvalue weighted by atomic mass is 9.88. The van der Waals surface area contributed by atoms with Crippen molar-refractivity contribution < 1.29 is 4.48 Å². The van der Waals surface area contributed by atoms with Gasteiger partial charge in [0.05, 0.1) is 20.6 Å². The van der Waals surface area contributed by atoms with Gasteiger partial charge in [-0.3, -0.25) is 5.32 Å². The van der Waals surface area contributed by atoms with Gasteiger partial charge >= 0.3 is 0 Å². The number of rotatable bonds is 26. The van der Waals surface area contributed by atoms with Crippen LogP contribution in [0.25, 0.3) is 0 Å². The number of hydrogen-bond donors (Lipinski definition) is 1. The van der Waals surface area contributed by atoms with E-state index in [9.17, 15) is 0 Å². The molecule has 37 heavy (non-hydrogen) atoms. The molecule has 0 radical (unpaired) electrons. The van der Waals surface area contributed by atoms with Crippen LogP contribution in [-0.4, -0.2) is 31.7 Å². The van der Waals surface area contributed by atoms with Gasteiger partial charge in [-0.1, -0.05) is 160 Å². The molecule has 0 bridgehead atoms. The maximum Gasteiger partial charge on any atom is 0.179 e. The number of unbranched alkanes of at least 4 members (excludes halogenated alkanes) is 17. The van der Waals surface area contributed by atoms with E-state index in [0.29, 0.717) is 0 Å². The number of benzene rings is 1. The Morgan fingerprint density at radius 1 is 0.541 bits per heavy atom. The van der Waals surface area contributed by atoms with Crippen molar-refractivity contribution in [2.24, 2.45) is 0 Å². The lowest BCUT2D eigenvalue weighted by Gasteiger charge is -2.50. The molecule has 1 unspecified atom stereocenters. The minimum absolute atomic E-state index is 0.0149. The SMILES string of the molecule is CCCCCCCCCCCCCCCCCCC(NCCCCC)(c1ccccc1)[N+](C)(C)CCC. The first-order chi connectivity index (χ1) is 18.0. The molecule has 0 aliphatic rings. The maximum absolute atomic E-state index is 4.13. The Labute approximate surface area is 234 Å². The van der Waals surface area contributed by atoms with Gasteiger partial charge in [-0.15, -0.1) is 0 Å². The van der Waals surface area contributed by atoms with Gasteiger partial charge in [0, 0.05) is 18.5 Å². The second kappa shape index (κ2) is 22.0. The van der Waals surface area contributed by atoms with Crippen molar-refractivity contribution in [3.05, 3.63) is 35.9 Å². The molecule has 0 saturated heterocycles. The van der Waals surface area contributed by atoms with Crippen LogP contribution in [0.1, 0.15) is 161 Å². The normalized spacial score (nSPS) is 13.6. The molecule has 2 nitrogen and oxygen atoms in total. The molecule has 216 valence electrons. The van der Waals surface area contributed by atoms with Gasteiger partial charge in [-0.25, -0.2) is 0 Å². The summed E-state index contributed by atoms with van der Waals surface area (Å²) >= 11 is 0. The standard InChI is InChI=1S/C35H67N2/c1-6-9-11-12-13-14-15-16-17-18-19-20-21-22-23-27-31-35(36-32-28-10-7-2,37(4,5)33-8-3)34-29-25-24-26-30-34/h24-26,29-30,36H,6-23,27-28,31-33H2,1-5H3/q+1. The molecule has 0 fully saturated rings. The van der Waals surface area contributed by atoms with Crippen LogP contribution in [0.5, 0.6) is 0 Å². The van der Waals surface area contributed by atoms with E-state index >= 15 is 0 Å². The van der Waals surface area contributed by atoms with E-state index in [1.165, 1.54) is 147 Å². The lowest BCUT2D eigenvalue weighted by molar-refractivity contribution is -0.955. The van der Waals surface area contributed by atoms with Gasteiger partial charge in [0.25, 0.3) is 0 Å². The van der Waals surface area contributed by atoms with E-state index in [4.69, 9.17) is 0 Å². The van der Waals surface area contributed by atoms with Gasteiger partial charge in [0.15, 0.2) is 5.66 Å². The van der Waals surface area contributed by atoms with Crippen LogP contribution in [0.2, 0.25) is 0 Å². The first-order valence-electron chi connectivity index (χ1n) is 16.7. The van der Waals surface area contributed by atoms with E-state index < -0.39 is 0 Å². The van der Waals surface area contributed by atoms with Crippen molar-refractivity contribution in [2.45, 2.75) is 161 Å². The van der Waals surface area contributed by atoms with E-state index in [2.05, 4.69) is 70.5 Å². The van der Waals surface area contributed by atoms with Crippen LogP contribution < -0.4 is 5.32 Å². The van der Waals surface area contributed by atoms with Crippen molar-refractivity contribution >= 4 is 0 Å². The number of hydrogen-bond acceptors (Lipinski definition) is 1. The topological polar surface area (TPSA) is 12.0 Å². The van der Waals surface area contributed by atoms with Gasteiger partial charge in [0.2, 0.25) is 0 Å². The van der Waals surface area contributed by atoms with Crippen LogP contribution in [0.15, 0.2) is 30.3 Å². The van der Waals surface area contributed by atoms with Crippen LogP contribution in [-0.2, 0) is 5.66 Å². The highest BCUT2D eigenvalue weighted by atomic mass is 15.4. The van der Waals surface area contributed by atoms with Crippen molar-refractivity contribution in [3.63, 3.8) is 0 Å². The Bertz CT molecular complexity index is 611. The third-order valence-corrected chi connectivity index (χ3v) is 8.66. The fraction of sp³-hybridized carbons (Fsp3) is 0.829. The summed E-state index contributed by atoms with van der Waals surface area (Å²) in [5.74, 6) is 0. The third kappa shape index (κ3) is 14.2. The monoisotopic (exact) mass is 516 g/mol. The molecule has 0 heterocycles. The molecular formula is C35H67N2+. The summed E-state index contributed by atoms with van der Waals surface area (Å²) < 4.78 is 1.03. The highest BCUT2D eigenvalue weighted by Crippen LogP contribution is 2.36. The largest absolute Gasteiger partial charge is 0.307 e. The number of quaternary nitrogens is 1. The molecule has 1 atom stereocenters. The molecule has 0 aliphatic heterocycles. The highest BCUT2D eigenvalue weighted by Gasteiger charge is 2.45. The molecule has 0 aliphatic carbocycles. The van der Waals surface area contributed by atoms with Crippen LogP contribution >= 0.6 is 0 Å². The Kier molecular flexibility index (Phi) is 20.3. The second-order valence-corrected chi connectivity index (χ2v) is 12.3. The first-order valence-corrected chi connectivity index (χ1v) is 16.7. The smallest absolute Gasteiger partial charge is 0.179 e. The van der Waals surface area contributed by atoms with E-state index in [1.807, 2.05) is 0 Å². The lowest BCUT2D eigenvalue weighted by Crippen LogP contribution is -2.65. The molecule has 0 spiro atoms. The second-order valence-electron chi connectivity index (χ2n) is 12.3. The van der Waals surface area contributed by atoms with Crippen LogP contribution in [0.4, 0.5) is 0 Å². The molecule has 1 aromatic carbocycles. The Balaban J connectivity index is 2.39. The summed E-state index contributed by atoms with van der Waals surface area (Å²) in [6, 6.07) is 11.4. The van der Waals surface area contributed by atoms with Crippen molar-refractivity contribution in [1.82, 2.24) is 5.32 Å². The average molecular weight is 516 g/mol. The molecule has 2 heteroatoms. The van der Waals surface area contributed by atoms with Gasteiger partial charge in [-0.2, -0.15) is 0 Å². The summed E-state index contributed by atoms with van der Waals surface area (Å²) in [4.78, 5) is 0. The van der Waals surface area contributed by atoms with Gasteiger partial charge < -0.3 is 4.48 Å². The third-order valence-electron chi connectivity index (χ3n) is 8.66. The predicted octanol–water partition coefficient (Wildman–Crippen LogP) is 10.8. The fourth-order valence-electron chi connectivity index (χ4n) is 6.26. The molecule has 0 aromatic heterocycles. The molecule has 1 rings (SSSR count). The summed E-state index contributed by atoms with van der Waals surface area (Å²) in [6.45, 7) is 9.26. The molecule has 1 N–H and O–H groups in total. The van der Waals surface area contributed by atoms with Crippen LogP contribution in [0, 0.1) is 0 Å². The van der Waals surface area contributed by atoms with E-state index in [-0.39, 0.29) is 5.66 Å². The quantitative estimate of drug-likeness (QED) is 0.0734. The van der Waals surface area contributed by atoms with Gasteiger partial charge in [-0.05, 0) is 19.3 Å². The van der Waals surface area contributed by atoms with Crippen LogP contribution in [0.3, 0.4) is 0 Å². The van der Waals surface area contributed by atoms with E-state index in [0.717, 1.165) is 11.0 Å². The zero-order valence-corrected chi connectivity index (χ0v) is 26.1. The van der Waals surface area contributed by atoms with Crippen molar-refractivity contribution in [3.8, 4) is 0 Å². The Morgan fingerprint density at radius 3 is 1.43 bits per heavy atom. The maximum atomic E-state index is 4.13. The minimum atomic E-state index is 0.0149. The Morgan fingerprint density at radius 2 is 0.973 bits per heavy atom. The van der Waals surface area contributed by atoms with Gasteiger partial charge in [0.1, 0.15) is 0 Å². The molecular weight excluding hydrogens is 448 g/mol. The van der Waals surface area contributed by atoms with Crippen molar-refractivity contribution in [2.75, 3.05) is 27.2 Å². The first kappa shape index (κ1) is 34.2. The molecule has 1 aromatic rings. The zero-order chi connectivity index (χ0) is 27.1. The number of nitrogens with one attached hydrogen (secondary N) is 1. The zero-order valence-electron chi connectivity index (χ0n) is 26.1. The summed E-state index contributed by atoms with van der Waals surface area (Å²) in [5.41, 5.74) is 1.49. The minimum Gasteiger partial charge on any atom is -0.307 e. The van der Waals surface area contributed by atoms with E-state index in [1.54, 1.807) is 0 Å². The fourth-order valence-corrected chi connectivity index (χ4v) is 6.26. The average Bonchev–Trinajstić information content (AvgIpc) is 2.90. The summed E-state index contributed by atoms with van der Waals surface area (Å²) in [7, 11) is 4.91. The Hall–Kier alpha value is -0.860. The highest BCUT2D eigenvalue weighted by molar-refractivity contribution is 5.22. The predicted molar refractivity (Wildman–Crippen MR) is 167 cm³/mol. The molecule has 0 amide bonds. The summed E-state index contributed by atoms with van der Waals surface area (Å²) in [5, 5.41) is 4.13. The summed E-state index contributed by atoms with van der Waals surface area (Å²) in [6.07, 6.45) is 29.2. The number of nitrogens with zero attached hydrogens (tertiary/aromatic N) is 1. The van der Waals surface area contributed by atoms with Crippen molar-refractivity contribution in [1.29, 1.82) is 0 Å².